The lowest BCUT2D eigenvalue weighted by Crippen LogP contribution is -2.02. The van der Waals surface area contributed by atoms with Crippen LogP contribution in [0.3, 0.4) is 0 Å². The van der Waals surface area contributed by atoms with Gasteiger partial charge in [-0.25, -0.2) is 0 Å². The summed E-state index contributed by atoms with van der Waals surface area (Å²) in [7, 11) is 0. The molecule has 0 amide bonds. The quantitative estimate of drug-likeness (QED) is 0.634. The number of nitrogens with zero attached hydrogens (tertiary/aromatic N) is 2. The molecule has 0 aromatic carbocycles. The molecule has 1 atom stereocenters. The molecule has 1 rings (SSSR count). The minimum absolute atomic E-state index is 0.0306. The lowest BCUT2D eigenvalue weighted by Gasteiger charge is -2.03. The van der Waals surface area contributed by atoms with Crippen LogP contribution in [0.2, 0.25) is 5.02 Å². The molecule has 0 bridgehead atoms. The molecule has 0 saturated carbocycles. The van der Waals surface area contributed by atoms with E-state index in [9.17, 15) is 10.1 Å². The average molecular weight is 231 g/mol. The number of aromatic nitrogens is 1. The smallest absolute Gasteiger partial charge is 0.382 e. The van der Waals surface area contributed by atoms with Crippen LogP contribution in [-0.2, 0) is 6.42 Å². The number of rotatable bonds is 4. The van der Waals surface area contributed by atoms with Crippen LogP contribution in [0.5, 0.6) is 0 Å². The lowest BCUT2D eigenvalue weighted by molar-refractivity contribution is -0.389. The fourth-order valence-electron chi connectivity index (χ4n) is 1.12. The van der Waals surface area contributed by atoms with Gasteiger partial charge in [-0.2, -0.15) is 0 Å². The molecule has 0 saturated heterocycles. The number of halogens is 1. The number of hydrogen-bond acceptors (Lipinski definition) is 4. The van der Waals surface area contributed by atoms with Gasteiger partial charge in [-0.15, -0.1) is 0 Å². The van der Waals surface area contributed by atoms with Gasteiger partial charge in [0.1, 0.15) is 11.2 Å². The zero-order valence-electron chi connectivity index (χ0n) is 8.18. The summed E-state index contributed by atoms with van der Waals surface area (Å²) in [4.78, 5) is 13.4. The molecule has 5 nitrogen and oxygen atoms in total. The molecule has 1 N–H and O–H groups in total. The van der Waals surface area contributed by atoms with Crippen LogP contribution in [0.1, 0.15) is 18.9 Å². The molecule has 6 heteroatoms. The summed E-state index contributed by atoms with van der Waals surface area (Å²) >= 11 is 5.67. The first-order valence-corrected chi connectivity index (χ1v) is 4.85. The van der Waals surface area contributed by atoms with Crippen LogP contribution in [0.4, 0.5) is 5.82 Å². The van der Waals surface area contributed by atoms with Crippen molar-refractivity contribution in [3.05, 3.63) is 33.0 Å². The summed E-state index contributed by atoms with van der Waals surface area (Å²) in [5, 5.41) is 19.5. The highest BCUT2D eigenvalue weighted by molar-refractivity contribution is 6.32. The standard InChI is InChI=1S/C9H11ClN2O3/c1-6(13)2-3-7-4-8(10)9(11-5-7)12(14)15/h4-6,13H,2-3H2,1H3. The number of nitro groups is 1. The van der Waals surface area contributed by atoms with E-state index in [-0.39, 0.29) is 10.8 Å². The van der Waals surface area contributed by atoms with E-state index in [0.717, 1.165) is 5.56 Å². The predicted molar refractivity (Wildman–Crippen MR) is 55.9 cm³/mol. The third-order valence-electron chi connectivity index (χ3n) is 1.90. The Bertz CT molecular complexity index is 368. The van der Waals surface area contributed by atoms with Gasteiger partial charge in [-0.3, -0.25) is 0 Å². The Hall–Kier alpha value is -1.20. The Morgan fingerprint density at radius 2 is 2.40 bits per heavy atom. The van der Waals surface area contributed by atoms with Gasteiger partial charge in [0.05, 0.1) is 6.10 Å². The highest BCUT2D eigenvalue weighted by Gasteiger charge is 2.14. The Kier molecular flexibility index (Phi) is 3.99. The van der Waals surface area contributed by atoms with Crippen LogP contribution in [0.15, 0.2) is 12.3 Å². The Morgan fingerprint density at radius 1 is 1.73 bits per heavy atom. The number of hydrogen-bond donors (Lipinski definition) is 1. The van der Waals surface area contributed by atoms with Crippen molar-refractivity contribution in [2.24, 2.45) is 0 Å². The van der Waals surface area contributed by atoms with E-state index >= 15 is 0 Å². The van der Waals surface area contributed by atoms with E-state index in [1.54, 1.807) is 6.92 Å². The number of aliphatic hydroxyl groups is 1. The molecule has 1 aromatic rings. The number of pyridine rings is 1. The minimum atomic E-state index is -0.624. The Labute approximate surface area is 91.9 Å². The molecule has 82 valence electrons. The van der Waals surface area contributed by atoms with E-state index in [2.05, 4.69) is 4.98 Å². The molecule has 0 aliphatic heterocycles. The first-order chi connectivity index (χ1) is 7.00. The van der Waals surface area contributed by atoms with Crippen molar-refractivity contribution in [2.45, 2.75) is 25.9 Å². The van der Waals surface area contributed by atoms with Crippen molar-refractivity contribution in [1.29, 1.82) is 0 Å². The molecule has 1 heterocycles. The zero-order valence-corrected chi connectivity index (χ0v) is 8.94. The van der Waals surface area contributed by atoms with Gasteiger partial charge >= 0.3 is 5.82 Å². The van der Waals surface area contributed by atoms with Crippen LogP contribution in [-0.4, -0.2) is 21.1 Å². The second kappa shape index (κ2) is 5.04. The van der Waals surface area contributed by atoms with Gasteiger partial charge in [0.15, 0.2) is 0 Å². The summed E-state index contributed by atoms with van der Waals surface area (Å²) < 4.78 is 0. The predicted octanol–water partition coefficient (Wildman–Crippen LogP) is 1.96. The maximum atomic E-state index is 10.4. The van der Waals surface area contributed by atoms with Crippen LogP contribution < -0.4 is 0 Å². The van der Waals surface area contributed by atoms with Crippen LogP contribution in [0, 0.1) is 10.1 Å². The van der Waals surface area contributed by atoms with Crippen molar-refractivity contribution < 1.29 is 10.0 Å². The minimum Gasteiger partial charge on any atom is -0.393 e. The van der Waals surface area contributed by atoms with E-state index in [1.807, 2.05) is 0 Å². The molecular weight excluding hydrogens is 220 g/mol. The molecule has 1 aromatic heterocycles. The van der Waals surface area contributed by atoms with Crippen molar-refractivity contribution in [2.75, 3.05) is 0 Å². The SMILES string of the molecule is CC(O)CCc1cnc([N+](=O)[O-])c(Cl)c1. The summed E-state index contributed by atoms with van der Waals surface area (Å²) in [5.74, 6) is -0.336. The van der Waals surface area contributed by atoms with Crippen molar-refractivity contribution >= 4 is 17.4 Å². The molecule has 0 radical (unpaired) electrons. The van der Waals surface area contributed by atoms with Crippen LogP contribution in [0.25, 0.3) is 0 Å². The van der Waals surface area contributed by atoms with E-state index in [1.165, 1.54) is 12.3 Å². The molecule has 15 heavy (non-hydrogen) atoms. The Balaban J connectivity index is 2.78. The van der Waals surface area contributed by atoms with Gasteiger partial charge in [0.25, 0.3) is 0 Å². The summed E-state index contributed by atoms with van der Waals surface area (Å²) in [6.07, 6.45) is 2.18. The fraction of sp³-hybridized carbons (Fsp3) is 0.444. The van der Waals surface area contributed by atoms with Crippen LogP contribution >= 0.6 is 11.6 Å². The fourth-order valence-corrected chi connectivity index (χ4v) is 1.37. The van der Waals surface area contributed by atoms with Crippen molar-refractivity contribution in [3.8, 4) is 0 Å². The van der Waals surface area contributed by atoms with Gasteiger partial charge in [0, 0.05) is 0 Å². The summed E-state index contributed by atoms with van der Waals surface area (Å²) in [6.45, 7) is 1.68. The van der Waals surface area contributed by atoms with Crippen molar-refractivity contribution in [3.63, 3.8) is 0 Å². The number of aryl methyl sites for hydroxylation is 1. The van der Waals surface area contributed by atoms with E-state index < -0.39 is 11.0 Å². The average Bonchev–Trinajstić information content (AvgIpc) is 2.14. The maximum Gasteiger partial charge on any atom is 0.382 e. The van der Waals surface area contributed by atoms with E-state index in [4.69, 9.17) is 16.7 Å². The van der Waals surface area contributed by atoms with Gasteiger partial charge in [-0.1, -0.05) is 11.6 Å². The lowest BCUT2D eigenvalue weighted by atomic mass is 10.1. The van der Waals surface area contributed by atoms with E-state index in [0.29, 0.717) is 12.8 Å². The molecular formula is C9H11ClN2O3. The number of aliphatic hydroxyl groups excluding tert-OH is 1. The van der Waals surface area contributed by atoms with Crippen molar-refractivity contribution in [1.82, 2.24) is 4.98 Å². The summed E-state index contributed by atoms with van der Waals surface area (Å²) in [6, 6.07) is 1.51. The first-order valence-electron chi connectivity index (χ1n) is 4.47. The van der Waals surface area contributed by atoms with Gasteiger partial charge in [0.2, 0.25) is 0 Å². The molecule has 0 spiro atoms. The second-order valence-corrected chi connectivity index (χ2v) is 3.70. The zero-order chi connectivity index (χ0) is 11.4. The molecule has 0 fully saturated rings. The monoisotopic (exact) mass is 230 g/mol. The molecule has 0 aliphatic rings. The maximum absolute atomic E-state index is 10.4. The largest absolute Gasteiger partial charge is 0.393 e. The summed E-state index contributed by atoms with van der Waals surface area (Å²) in [5.41, 5.74) is 0.784. The highest BCUT2D eigenvalue weighted by atomic mass is 35.5. The van der Waals surface area contributed by atoms with Gasteiger partial charge in [-0.05, 0) is 41.3 Å². The highest BCUT2D eigenvalue weighted by Crippen LogP contribution is 2.22. The topological polar surface area (TPSA) is 76.3 Å². The first kappa shape index (κ1) is 11.9. The second-order valence-electron chi connectivity index (χ2n) is 3.29. The molecule has 0 aliphatic carbocycles. The third-order valence-corrected chi connectivity index (χ3v) is 2.18. The molecule has 1 unspecified atom stereocenters. The normalized spacial score (nSPS) is 12.5. The van der Waals surface area contributed by atoms with Gasteiger partial charge < -0.3 is 15.2 Å². The Morgan fingerprint density at radius 3 is 2.87 bits per heavy atom. The third kappa shape index (κ3) is 3.45.